The van der Waals surface area contributed by atoms with Gasteiger partial charge in [-0.3, -0.25) is 15.1 Å². The maximum Gasteiger partial charge on any atom is 0.335 e. The number of benzene rings is 2. The first-order valence-electron chi connectivity index (χ1n) is 8.21. The molecule has 1 aromatic heterocycles. The Morgan fingerprint density at radius 3 is 2.55 bits per heavy atom. The van der Waals surface area contributed by atoms with Gasteiger partial charge in [0.05, 0.1) is 10.7 Å². The normalized spacial score (nSPS) is 10.9. The van der Waals surface area contributed by atoms with Crippen molar-refractivity contribution in [3.8, 4) is 11.3 Å². The van der Waals surface area contributed by atoms with Crippen LogP contribution in [-0.2, 0) is 10.0 Å². The maximum atomic E-state index is 12.5. The first kappa shape index (κ1) is 20.3. The van der Waals surface area contributed by atoms with Crippen LogP contribution in [0.15, 0.2) is 70.9 Å². The highest BCUT2D eigenvalue weighted by Crippen LogP contribution is 2.23. The highest BCUT2D eigenvalue weighted by Gasteiger charge is 2.21. The van der Waals surface area contributed by atoms with Crippen molar-refractivity contribution in [3.05, 3.63) is 82.1 Å². The molecule has 1 heterocycles. The van der Waals surface area contributed by atoms with Crippen molar-refractivity contribution in [2.45, 2.75) is 4.90 Å². The van der Waals surface area contributed by atoms with Crippen molar-refractivity contribution in [2.24, 2.45) is 0 Å². The number of nitrogens with zero attached hydrogens (tertiary/aromatic N) is 1. The molecule has 0 unspecified atom stereocenters. The molecule has 2 amide bonds. The van der Waals surface area contributed by atoms with Crippen LogP contribution in [0.1, 0.15) is 5.56 Å². The summed E-state index contributed by atoms with van der Waals surface area (Å²) in [6.07, 6.45) is 1.44. The minimum absolute atomic E-state index is 0.0616. The molecular formula is C19H15ClN4O4S. The summed E-state index contributed by atoms with van der Waals surface area (Å²) in [7, 11) is -4.28. The van der Waals surface area contributed by atoms with Crippen molar-refractivity contribution in [3.63, 3.8) is 0 Å². The summed E-state index contributed by atoms with van der Waals surface area (Å²) in [4.78, 5) is 30.2. The monoisotopic (exact) mass is 430 g/mol. The van der Waals surface area contributed by atoms with Crippen molar-refractivity contribution in [2.75, 3.05) is 5.32 Å². The summed E-state index contributed by atoms with van der Waals surface area (Å²) in [5.41, 5.74) is 0.965. The van der Waals surface area contributed by atoms with Crippen LogP contribution in [0.5, 0.6) is 0 Å². The number of nitrogens with one attached hydrogen (secondary N) is 3. The van der Waals surface area contributed by atoms with Gasteiger partial charge in [-0.25, -0.2) is 22.9 Å². The van der Waals surface area contributed by atoms with Gasteiger partial charge in [-0.15, -0.1) is 0 Å². The van der Waals surface area contributed by atoms with Gasteiger partial charge in [0, 0.05) is 11.6 Å². The van der Waals surface area contributed by atoms with Crippen molar-refractivity contribution in [1.82, 2.24) is 14.7 Å². The lowest BCUT2D eigenvalue weighted by Crippen LogP contribution is -2.35. The lowest BCUT2D eigenvalue weighted by Gasteiger charge is -2.10. The van der Waals surface area contributed by atoms with Gasteiger partial charge in [0.1, 0.15) is 4.90 Å². The summed E-state index contributed by atoms with van der Waals surface area (Å²) in [5.74, 6) is -0.213. The van der Waals surface area contributed by atoms with E-state index in [1.807, 2.05) is 4.72 Å². The van der Waals surface area contributed by atoms with E-state index in [4.69, 9.17) is 11.6 Å². The van der Waals surface area contributed by atoms with Gasteiger partial charge in [-0.05, 0) is 17.7 Å². The fraction of sp³-hybridized carbons (Fsp3) is 0. The van der Waals surface area contributed by atoms with Crippen molar-refractivity contribution < 1.29 is 13.2 Å². The Morgan fingerprint density at radius 1 is 1.14 bits per heavy atom. The van der Waals surface area contributed by atoms with Crippen LogP contribution in [-0.4, -0.2) is 24.4 Å². The van der Waals surface area contributed by atoms with E-state index in [0.717, 1.165) is 0 Å². The SMILES string of the molecule is C=Cc1ccc(Cl)c(S(=O)(=O)NC(=O)Nc2nc(-c3ccccc3)cc(=O)[nH]2)c1. The number of carbonyl (C=O) groups excluding carboxylic acids is 1. The molecule has 2 aromatic carbocycles. The van der Waals surface area contributed by atoms with E-state index in [-0.39, 0.29) is 15.9 Å². The third-order valence-electron chi connectivity index (χ3n) is 3.75. The fourth-order valence-corrected chi connectivity index (χ4v) is 3.88. The second kappa shape index (κ2) is 8.29. The fourth-order valence-electron chi connectivity index (χ4n) is 2.44. The lowest BCUT2D eigenvalue weighted by atomic mass is 10.1. The summed E-state index contributed by atoms with van der Waals surface area (Å²) < 4.78 is 26.8. The number of H-pyrrole nitrogens is 1. The molecule has 0 fully saturated rings. The quantitative estimate of drug-likeness (QED) is 0.573. The third-order valence-corrected chi connectivity index (χ3v) is 5.56. The minimum Gasteiger partial charge on any atom is -0.292 e. The summed E-state index contributed by atoms with van der Waals surface area (Å²) in [6, 6.07) is 13.2. The number of aromatic amines is 1. The average molecular weight is 431 g/mol. The van der Waals surface area contributed by atoms with Gasteiger partial charge < -0.3 is 0 Å². The minimum atomic E-state index is -4.28. The van der Waals surface area contributed by atoms with E-state index in [9.17, 15) is 18.0 Å². The predicted molar refractivity (Wildman–Crippen MR) is 111 cm³/mol. The Kier molecular flexibility index (Phi) is 5.81. The molecule has 3 N–H and O–H groups in total. The average Bonchev–Trinajstić information content (AvgIpc) is 2.68. The third kappa shape index (κ3) is 4.89. The van der Waals surface area contributed by atoms with Crippen LogP contribution in [0.25, 0.3) is 17.3 Å². The standard InChI is InChI=1S/C19H15ClN4O4S/c1-2-12-8-9-14(20)16(10-12)29(27,28)24-19(26)23-18-21-15(11-17(25)22-18)13-6-4-3-5-7-13/h2-11H,1H2,(H3,21,22,23,24,25,26). The molecule has 3 rings (SSSR count). The molecule has 0 saturated carbocycles. The second-order valence-electron chi connectivity index (χ2n) is 5.80. The molecule has 0 bridgehead atoms. The van der Waals surface area contributed by atoms with Gasteiger partial charge in [-0.2, -0.15) is 0 Å². The number of rotatable bonds is 5. The van der Waals surface area contributed by atoms with E-state index in [1.165, 1.54) is 24.3 Å². The van der Waals surface area contributed by atoms with E-state index in [0.29, 0.717) is 16.8 Å². The summed E-state index contributed by atoms with van der Waals surface area (Å²) >= 11 is 5.95. The van der Waals surface area contributed by atoms with E-state index in [1.54, 1.807) is 36.4 Å². The number of aromatic nitrogens is 2. The largest absolute Gasteiger partial charge is 0.335 e. The van der Waals surface area contributed by atoms with E-state index in [2.05, 4.69) is 21.9 Å². The topological polar surface area (TPSA) is 121 Å². The van der Waals surface area contributed by atoms with Crippen LogP contribution < -0.4 is 15.6 Å². The molecule has 0 aliphatic carbocycles. The Morgan fingerprint density at radius 2 is 1.86 bits per heavy atom. The summed E-state index contributed by atoms with van der Waals surface area (Å²) in [6.45, 7) is 3.56. The lowest BCUT2D eigenvalue weighted by molar-refractivity contribution is 0.256. The zero-order valence-electron chi connectivity index (χ0n) is 14.8. The number of amides is 2. The summed E-state index contributed by atoms with van der Waals surface area (Å²) in [5, 5.41) is 2.15. The second-order valence-corrected chi connectivity index (χ2v) is 7.86. The van der Waals surface area contributed by atoms with Crippen molar-refractivity contribution in [1.29, 1.82) is 0 Å². The Labute approximate surface area is 171 Å². The Balaban J connectivity index is 1.83. The smallest absolute Gasteiger partial charge is 0.292 e. The number of halogens is 1. The Hall–Kier alpha value is -3.43. The number of sulfonamides is 1. The number of carbonyl (C=O) groups is 1. The number of urea groups is 1. The molecule has 29 heavy (non-hydrogen) atoms. The number of hydrogen-bond acceptors (Lipinski definition) is 5. The van der Waals surface area contributed by atoms with Gasteiger partial charge in [0.15, 0.2) is 0 Å². The van der Waals surface area contributed by atoms with Crippen LogP contribution in [0.3, 0.4) is 0 Å². The molecule has 0 aliphatic heterocycles. The zero-order valence-corrected chi connectivity index (χ0v) is 16.4. The molecule has 0 radical (unpaired) electrons. The van der Waals surface area contributed by atoms with Crippen molar-refractivity contribution >= 4 is 39.7 Å². The predicted octanol–water partition coefficient (Wildman–Crippen LogP) is 3.24. The Bertz CT molecular complexity index is 1240. The molecule has 0 aliphatic rings. The molecular weight excluding hydrogens is 416 g/mol. The van der Waals surface area contributed by atoms with Crippen LogP contribution in [0.2, 0.25) is 5.02 Å². The molecule has 10 heteroatoms. The van der Waals surface area contributed by atoms with Gasteiger partial charge >= 0.3 is 6.03 Å². The van der Waals surface area contributed by atoms with Gasteiger partial charge in [0.2, 0.25) is 5.95 Å². The van der Waals surface area contributed by atoms with E-state index < -0.39 is 21.6 Å². The molecule has 0 spiro atoms. The first-order chi connectivity index (χ1) is 13.8. The number of anilines is 1. The molecule has 3 aromatic rings. The van der Waals surface area contributed by atoms with Gasteiger partial charge in [0.25, 0.3) is 15.6 Å². The highest BCUT2D eigenvalue weighted by molar-refractivity contribution is 7.90. The highest BCUT2D eigenvalue weighted by atomic mass is 35.5. The maximum absolute atomic E-state index is 12.5. The molecule has 8 nitrogen and oxygen atoms in total. The van der Waals surface area contributed by atoms with Crippen LogP contribution in [0, 0.1) is 0 Å². The van der Waals surface area contributed by atoms with Gasteiger partial charge in [-0.1, -0.05) is 60.7 Å². The molecule has 0 atom stereocenters. The molecule has 0 saturated heterocycles. The van der Waals surface area contributed by atoms with Crippen LogP contribution >= 0.6 is 11.6 Å². The van der Waals surface area contributed by atoms with E-state index >= 15 is 0 Å². The number of hydrogen-bond donors (Lipinski definition) is 3. The zero-order chi connectivity index (χ0) is 21.0. The van der Waals surface area contributed by atoms with Crippen LogP contribution in [0.4, 0.5) is 10.7 Å². The first-order valence-corrected chi connectivity index (χ1v) is 10.1. The molecule has 148 valence electrons.